The maximum atomic E-state index is 12.4. The lowest BCUT2D eigenvalue weighted by molar-refractivity contribution is -0.137. The van der Waals surface area contributed by atoms with E-state index in [1.807, 2.05) is 19.1 Å². The van der Waals surface area contributed by atoms with Crippen LogP contribution in [-0.4, -0.2) is 42.1 Å². The number of carbonyl (C=O) groups excluding carboxylic acids is 1. The summed E-state index contributed by atoms with van der Waals surface area (Å²) in [4.78, 5) is 26.2. The van der Waals surface area contributed by atoms with E-state index in [2.05, 4.69) is 6.07 Å². The number of amides is 2. The first-order valence-corrected chi connectivity index (χ1v) is 6.83. The van der Waals surface area contributed by atoms with Crippen LogP contribution < -0.4 is 4.90 Å². The quantitative estimate of drug-likeness (QED) is 0.921. The molecule has 0 bridgehead atoms. The monoisotopic (exact) mass is 276 g/mol. The highest BCUT2D eigenvalue weighted by Gasteiger charge is 2.25. The third-order valence-corrected chi connectivity index (χ3v) is 3.57. The number of urea groups is 1. The molecule has 108 valence electrons. The Morgan fingerprint density at radius 1 is 1.40 bits per heavy atom. The molecular formula is C15H20N2O3. The molecule has 5 heteroatoms. The van der Waals surface area contributed by atoms with E-state index in [4.69, 9.17) is 5.11 Å². The molecule has 0 radical (unpaired) electrons. The number of aryl methyl sites for hydroxylation is 2. The first-order chi connectivity index (χ1) is 9.49. The fraction of sp³-hybridized carbons (Fsp3) is 0.467. The number of aliphatic carboxylic acids is 1. The molecule has 20 heavy (non-hydrogen) atoms. The number of carbonyl (C=O) groups is 2. The minimum Gasteiger partial charge on any atom is -0.481 e. The SMILES string of the molecule is Cc1ccc2c(c1)CCCN2C(=O)N(C)CCC(=O)O. The highest BCUT2D eigenvalue weighted by molar-refractivity contribution is 5.93. The second kappa shape index (κ2) is 5.94. The van der Waals surface area contributed by atoms with Crippen LogP contribution in [0, 0.1) is 6.92 Å². The van der Waals surface area contributed by atoms with Crippen LogP contribution in [0.5, 0.6) is 0 Å². The number of nitrogens with zero attached hydrogens (tertiary/aromatic N) is 2. The van der Waals surface area contributed by atoms with Crippen molar-refractivity contribution in [3.05, 3.63) is 29.3 Å². The van der Waals surface area contributed by atoms with Crippen LogP contribution in [0.1, 0.15) is 24.0 Å². The summed E-state index contributed by atoms with van der Waals surface area (Å²) < 4.78 is 0. The van der Waals surface area contributed by atoms with E-state index in [9.17, 15) is 9.59 Å². The van der Waals surface area contributed by atoms with Gasteiger partial charge in [-0.25, -0.2) is 4.79 Å². The molecule has 1 heterocycles. The smallest absolute Gasteiger partial charge is 0.324 e. The summed E-state index contributed by atoms with van der Waals surface area (Å²) in [6, 6.07) is 5.97. The van der Waals surface area contributed by atoms with Gasteiger partial charge in [0.15, 0.2) is 0 Å². The third kappa shape index (κ3) is 3.10. The van der Waals surface area contributed by atoms with Gasteiger partial charge in [0.05, 0.1) is 6.42 Å². The van der Waals surface area contributed by atoms with Crippen molar-refractivity contribution >= 4 is 17.7 Å². The summed E-state index contributed by atoms with van der Waals surface area (Å²) in [6.07, 6.45) is 1.89. The fourth-order valence-corrected chi connectivity index (χ4v) is 2.49. The van der Waals surface area contributed by atoms with Gasteiger partial charge in [0.1, 0.15) is 0 Å². The second-order valence-corrected chi connectivity index (χ2v) is 5.24. The van der Waals surface area contributed by atoms with Gasteiger partial charge < -0.3 is 10.0 Å². The van der Waals surface area contributed by atoms with Gasteiger partial charge >= 0.3 is 12.0 Å². The number of hydrogen-bond acceptors (Lipinski definition) is 2. The van der Waals surface area contributed by atoms with Gasteiger partial charge in [-0.05, 0) is 31.4 Å². The predicted octanol–water partition coefficient (Wildman–Crippen LogP) is 2.27. The summed E-state index contributed by atoms with van der Waals surface area (Å²) in [5, 5.41) is 8.69. The zero-order valence-corrected chi connectivity index (χ0v) is 11.9. The van der Waals surface area contributed by atoms with Crippen molar-refractivity contribution in [3.8, 4) is 0 Å². The van der Waals surface area contributed by atoms with Gasteiger partial charge in [-0.2, -0.15) is 0 Å². The first kappa shape index (κ1) is 14.4. The van der Waals surface area contributed by atoms with Crippen LogP contribution in [0.15, 0.2) is 18.2 Å². The van der Waals surface area contributed by atoms with E-state index in [1.165, 1.54) is 16.0 Å². The number of hydrogen-bond donors (Lipinski definition) is 1. The Hall–Kier alpha value is -2.04. The zero-order chi connectivity index (χ0) is 14.7. The number of fused-ring (bicyclic) bond motifs is 1. The molecule has 0 spiro atoms. The van der Waals surface area contributed by atoms with Crippen LogP contribution in [-0.2, 0) is 11.2 Å². The molecule has 0 saturated heterocycles. The van der Waals surface area contributed by atoms with Crippen molar-refractivity contribution in [2.75, 3.05) is 25.0 Å². The van der Waals surface area contributed by atoms with Gasteiger partial charge in [-0.15, -0.1) is 0 Å². The summed E-state index contributed by atoms with van der Waals surface area (Å²) in [7, 11) is 1.65. The topological polar surface area (TPSA) is 60.9 Å². The van der Waals surface area contributed by atoms with E-state index in [-0.39, 0.29) is 19.0 Å². The van der Waals surface area contributed by atoms with Crippen molar-refractivity contribution < 1.29 is 14.7 Å². The second-order valence-electron chi connectivity index (χ2n) is 5.24. The number of carboxylic acids is 1. The number of rotatable bonds is 3. The number of anilines is 1. The lowest BCUT2D eigenvalue weighted by Gasteiger charge is -2.33. The van der Waals surface area contributed by atoms with Crippen molar-refractivity contribution in [2.45, 2.75) is 26.2 Å². The van der Waals surface area contributed by atoms with Crippen LogP contribution in [0.25, 0.3) is 0 Å². The van der Waals surface area contributed by atoms with Crippen molar-refractivity contribution in [1.82, 2.24) is 4.90 Å². The Morgan fingerprint density at radius 2 is 2.15 bits per heavy atom. The molecule has 0 fully saturated rings. The van der Waals surface area contributed by atoms with Gasteiger partial charge in [-0.1, -0.05) is 17.7 Å². The van der Waals surface area contributed by atoms with E-state index >= 15 is 0 Å². The van der Waals surface area contributed by atoms with Crippen LogP contribution in [0.4, 0.5) is 10.5 Å². The summed E-state index contributed by atoms with van der Waals surface area (Å²) in [5.41, 5.74) is 3.34. The van der Waals surface area contributed by atoms with Gasteiger partial charge in [0.25, 0.3) is 0 Å². The summed E-state index contributed by atoms with van der Waals surface area (Å²) >= 11 is 0. The van der Waals surface area contributed by atoms with Gasteiger partial charge in [0, 0.05) is 25.8 Å². The molecule has 1 aromatic rings. The Labute approximate surface area is 118 Å². The van der Waals surface area contributed by atoms with Crippen molar-refractivity contribution in [3.63, 3.8) is 0 Å². The molecule has 2 rings (SSSR count). The molecule has 1 aromatic carbocycles. The molecular weight excluding hydrogens is 256 g/mol. The molecule has 1 N–H and O–H groups in total. The third-order valence-electron chi connectivity index (χ3n) is 3.57. The minimum absolute atomic E-state index is 0.0309. The minimum atomic E-state index is -0.890. The number of benzene rings is 1. The zero-order valence-electron chi connectivity index (χ0n) is 11.9. The molecule has 0 aromatic heterocycles. The van der Waals surface area contributed by atoms with Crippen LogP contribution in [0.2, 0.25) is 0 Å². The first-order valence-electron chi connectivity index (χ1n) is 6.83. The Bertz CT molecular complexity index is 528. The van der Waals surface area contributed by atoms with E-state index in [1.54, 1.807) is 11.9 Å². The Balaban J connectivity index is 2.14. The average molecular weight is 276 g/mol. The molecule has 2 amide bonds. The van der Waals surface area contributed by atoms with Crippen molar-refractivity contribution in [1.29, 1.82) is 0 Å². The highest BCUT2D eigenvalue weighted by Crippen LogP contribution is 2.28. The molecule has 0 unspecified atom stereocenters. The average Bonchev–Trinajstić information content (AvgIpc) is 2.42. The molecule has 1 aliphatic rings. The maximum absolute atomic E-state index is 12.4. The van der Waals surface area contributed by atoms with Gasteiger partial charge in [-0.3, -0.25) is 9.69 Å². The van der Waals surface area contributed by atoms with E-state index in [0.29, 0.717) is 6.54 Å². The van der Waals surface area contributed by atoms with Gasteiger partial charge in [0.2, 0.25) is 0 Å². The molecule has 0 atom stereocenters. The lowest BCUT2D eigenvalue weighted by atomic mass is 10.00. The number of carboxylic acid groups (broad SMARTS) is 1. The van der Waals surface area contributed by atoms with Crippen molar-refractivity contribution in [2.24, 2.45) is 0 Å². The Morgan fingerprint density at radius 3 is 2.85 bits per heavy atom. The van der Waals surface area contributed by atoms with Crippen LogP contribution in [0.3, 0.4) is 0 Å². The standard InChI is InChI=1S/C15H20N2O3/c1-11-5-6-13-12(10-11)4-3-8-17(13)15(20)16(2)9-7-14(18)19/h5-6,10H,3-4,7-9H2,1-2H3,(H,18,19). The molecule has 0 aliphatic carbocycles. The largest absolute Gasteiger partial charge is 0.481 e. The maximum Gasteiger partial charge on any atom is 0.324 e. The van der Waals surface area contributed by atoms with E-state index in [0.717, 1.165) is 18.5 Å². The normalized spacial score (nSPS) is 13.8. The van der Waals surface area contributed by atoms with Crippen LogP contribution >= 0.6 is 0 Å². The lowest BCUT2D eigenvalue weighted by Crippen LogP contribution is -2.44. The Kier molecular flexibility index (Phi) is 4.27. The molecule has 1 aliphatic heterocycles. The fourth-order valence-electron chi connectivity index (χ4n) is 2.49. The molecule has 0 saturated carbocycles. The van der Waals surface area contributed by atoms with E-state index < -0.39 is 5.97 Å². The summed E-state index contributed by atoms with van der Waals surface area (Å²) in [6.45, 7) is 2.96. The predicted molar refractivity (Wildman–Crippen MR) is 77.1 cm³/mol. The highest BCUT2D eigenvalue weighted by atomic mass is 16.4. The molecule has 5 nitrogen and oxygen atoms in total. The summed E-state index contributed by atoms with van der Waals surface area (Å²) in [5.74, 6) is -0.890.